The van der Waals surface area contributed by atoms with E-state index in [1.165, 1.54) is 6.07 Å². The first-order chi connectivity index (χ1) is 7.58. The van der Waals surface area contributed by atoms with Crippen LogP contribution in [0.3, 0.4) is 0 Å². The van der Waals surface area contributed by atoms with Crippen LogP contribution in [0, 0.1) is 20.9 Å². The van der Waals surface area contributed by atoms with E-state index in [0.29, 0.717) is 15.0 Å². The van der Waals surface area contributed by atoms with Gasteiger partial charge in [0, 0.05) is 39.8 Å². The van der Waals surface area contributed by atoms with Crippen LogP contribution in [0.4, 0.5) is 5.69 Å². The van der Waals surface area contributed by atoms with Crippen molar-refractivity contribution in [3.8, 4) is 11.5 Å². The van der Waals surface area contributed by atoms with Crippen molar-refractivity contribution >= 4 is 28.3 Å². The normalized spacial score (nSPS) is 10.4. The summed E-state index contributed by atoms with van der Waals surface area (Å²) >= 11 is 1.91. The summed E-state index contributed by atoms with van der Waals surface area (Å²) in [6, 6.07) is 4.80. The molecule has 0 spiro atoms. The lowest BCUT2D eigenvalue weighted by atomic mass is 10.1. The first-order valence-corrected chi connectivity index (χ1v) is 5.40. The fourth-order valence-electron chi connectivity index (χ4n) is 1.26. The van der Waals surface area contributed by atoms with E-state index in [0.717, 1.165) is 0 Å². The number of aromatic nitrogens is 2. The maximum atomic E-state index is 10.7. The molecule has 2 rings (SSSR count). The highest BCUT2D eigenvalue weighted by atomic mass is 127. The van der Waals surface area contributed by atoms with Gasteiger partial charge in [0.15, 0.2) is 0 Å². The average molecular weight is 331 g/mol. The van der Waals surface area contributed by atoms with E-state index in [1.54, 1.807) is 19.1 Å². The van der Waals surface area contributed by atoms with E-state index in [9.17, 15) is 10.1 Å². The first-order valence-electron chi connectivity index (χ1n) is 4.32. The zero-order chi connectivity index (χ0) is 11.7. The Kier molecular flexibility index (Phi) is 2.86. The van der Waals surface area contributed by atoms with Crippen molar-refractivity contribution < 1.29 is 9.45 Å². The lowest BCUT2D eigenvalue weighted by molar-refractivity contribution is -0.385. The van der Waals surface area contributed by atoms with Crippen LogP contribution in [-0.4, -0.2) is 15.1 Å². The maximum Gasteiger partial charge on any atom is 0.273 e. The number of nitro groups is 1. The third-order valence-corrected chi connectivity index (χ3v) is 2.49. The van der Waals surface area contributed by atoms with E-state index in [1.807, 2.05) is 22.6 Å². The fraction of sp³-hybridized carbons (Fsp3) is 0.111. The van der Waals surface area contributed by atoms with Gasteiger partial charge in [-0.2, -0.15) is 4.98 Å². The second-order valence-electron chi connectivity index (χ2n) is 3.13. The topological polar surface area (TPSA) is 82.1 Å². The molecule has 1 aromatic heterocycles. The number of halogens is 1. The Morgan fingerprint density at radius 3 is 2.81 bits per heavy atom. The van der Waals surface area contributed by atoms with Crippen LogP contribution in [0.1, 0.15) is 5.56 Å². The summed E-state index contributed by atoms with van der Waals surface area (Å²) in [5, 5.41) is 14.4. The second-order valence-corrected chi connectivity index (χ2v) is 4.09. The molecule has 0 radical (unpaired) electrons. The molecule has 2 aromatic rings. The number of rotatable bonds is 2. The molecule has 0 saturated carbocycles. The van der Waals surface area contributed by atoms with Crippen molar-refractivity contribution in [2.45, 2.75) is 6.92 Å². The first kappa shape index (κ1) is 11.0. The Morgan fingerprint density at radius 2 is 2.25 bits per heavy atom. The third kappa shape index (κ3) is 2.03. The van der Waals surface area contributed by atoms with Gasteiger partial charge in [0.05, 0.1) is 4.92 Å². The van der Waals surface area contributed by atoms with Crippen molar-refractivity contribution in [2.24, 2.45) is 0 Å². The van der Waals surface area contributed by atoms with E-state index in [2.05, 4.69) is 10.1 Å². The molecule has 1 aromatic carbocycles. The minimum Gasteiger partial charge on any atom is -0.333 e. The predicted molar refractivity (Wildman–Crippen MR) is 63.8 cm³/mol. The number of hydrogen-bond acceptors (Lipinski definition) is 5. The number of aryl methyl sites for hydroxylation is 1. The van der Waals surface area contributed by atoms with Gasteiger partial charge in [0.2, 0.25) is 3.83 Å². The molecule has 0 aliphatic rings. The zero-order valence-electron chi connectivity index (χ0n) is 8.18. The lowest BCUT2D eigenvalue weighted by Crippen LogP contribution is -1.92. The number of hydrogen-bond donors (Lipinski definition) is 0. The molecule has 0 N–H and O–H groups in total. The highest BCUT2D eigenvalue weighted by molar-refractivity contribution is 14.1. The molecule has 6 nitrogen and oxygen atoms in total. The number of nitrogens with zero attached hydrogens (tertiary/aromatic N) is 3. The van der Waals surface area contributed by atoms with Crippen molar-refractivity contribution in [1.82, 2.24) is 10.1 Å². The fourth-order valence-corrected chi connectivity index (χ4v) is 1.58. The van der Waals surface area contributed by atoms with Crippen molar-refractivity contribution in [3.05, 3.63) is 37.7 Å². The summed E-state index contributed by atoms with van der Waals surface area (Å²) < 4.78 is 5.40. The number of nitro benzene ring substituents is 1. The van der Waals surface area contributed by atoms with Crippen LogP contribution in [0.15, 0.2) is 22.7 Å². The van der Waals surface area contributed by atoms with Crippen molar-refractivity contribution in [1.29, 1.82) is 0 Å². The molecule has 0 bridgehead atoms. The molecule has 0 atom stereocenters. The van der Waals surface area contributed by atoms with Crippen LogP contribution in [-0.2, 0) is 0 Å². The van der Waals surface area contributed by atoms with Gasteiger partial charge in [-0.3, -0.25) is 10.1 Å². The SMILES string of the molecule is Cc1ccc(-c2nc(I)no2)cc1[N+](=O)[O-]. The van der Waals surface area contributed by atoms with Crippen LogP contribution in [0.25, 0.3) is 11.5 Å². The Hall–Kier alpha value is -1.51. The van der Waals surface area contributed by atoms with Crippen LogP contribution in [0.2, 0.25) is 0 Å². The molecule has 0 amide bonds. The molecule has 0 fully saturated rings. The number of benzene rings is 1. The van der Waals surface area contributed by atoms with Gasteiger partial charge in [-0.1, -0.05) is 11.2 Å². The molecular weight excluding hydrogens is 325 g/mol. The highest BCUT2D eigenvalue weighted by Gasteiger charge is 2.14. The second kappa shape index (κ2) is 4.16. The molecule has 0 saturated heterocycles. The van der Waals surface area contributed by atoms with Crippen LogP contribution >= 0.6 is 22.6 Å². The molecule has 0 aliphatic carbocycles. The Labute approximate surface area is 104 Å². The standard InChI is InChI=1S/C9H6IN3O3/c1-5-2-3-6(4-7(5)13(14)15)8-11-9(10)12-16-8/h2-4H,1H3. The van der Waals surface area contributed by atoms with Gasteiger partial charge in [0.25, 0.3) is 11.6 Å². The Bertz CT molecular complexity index is 553. The summed E-state index contributed by atoms with van der Waals surface area (Å²) in [4.78, 5) is 14.3. The zero-order valence-corrected chi connectivity index (χ0v) is 10.3. The van der Waals surface area contributed by atoms with E-state index >= 15 is 0 Å². The van der Waals surface area contributed by atoms with Gasteiger partial charge in [-0.05, 0) is 13.0 Å². The van der Waals surface area contributed by atoms with Crippen molar-refractivity contribution in [2.75, 3.05) is 0 Å². The van der Waals surface area contributed by atoms with Gasteiger partial charge in [-0.15, -0.1) is 0 Å². The summed E-state index contributed by atoms with van der Waals surface area (Å²) in [6.07, 6.45) is 0. The van der Waals surface area contributed by atoms with E-state index in [-0.39, 0.29) is 11.6 Å². The molecule has 82 valence electrons. The van der Waals surface area contributed by atoms with Crippen LogP contribution < -0.4 is 0 Å². The smallest absolute Gasteiger partial charge is 0.273 e. The Morgan fingerprint density at radius 1 is 1.50 bits per heavy atom. The van der Waals surface area contributed by atoms with E-state index < -0.39 is 4.92 Å². The lowest BCUT2D eigenvalue weighted by Gasteiger charge is -1.98. The average Bonchev–Trinajstić information content (AvgIpc) is 2.65. The predicted octanol–water partition coefficient (Wildman–Crippen LogP) is 2.56. The molecular formula is C9H6IN3O3. The summed E-state index contributed by atoms with van der Waals surface area (Å²) in [7, 11) is 0. The van der Waals surface area contributed by atoms with Gasteiger partial charge >= 0.3 is 0 Å². The Balaban J connectivity index is 2.51. The molecule has 1 heterocycles. The third-order valence-electron chi connectivity index (χ3n) is 2.05. The summed E-state index contributed by atoms with van der Waals surface area (Å²) in [6.45, 7) is 1.68. The van der Waals surface area contributed by atoms with Crippen molar-refractivity contribution in [3.63, 3.8) is 0 Å². The monoisotopic (exact) mass is 331 g/mol. The quantitative estimate of drug-likeness (QED) is 0.480. The molecule has 16 heavy (non-hydrogen) atoms. The molecule has 0 unspecified atom stereocenters. The highest BCUT2D eigenvalue weighted by Crippen LogP contribution is 2.25. The van der Waals surface area contributed by atoms with Gasteiger partial charge < -0.3 is 4.52 Å². The van der Waals surface area contributed by atoms with E-state index in [4.69, 9.17) is 4.52 Å². The largest absolute Gasteiger partial charge is 0.333 e. The minimum absolute atomic E-state index is 0.0470. The molecule has 0 aliphatic heterocycles. The minimum atomic E-state index is -0.430. The molecule has 7 heteroatoms. The summed E-state index contributed by atoms with van der Waals surface area (Å²) in [5.41, 5.74) is 1.20. The van der Waals surface area contributed by atoms with Crippen LogP contribution in [0.5, 0.6) is 0 Å². The van der Waals surface area contributed by atoms with Gasteiger partial charge in [0.1, 0.15) is 0 Å². The summed E-state index contributed by atoms with van der Waals surface area (Å²) in [5.74, 6) is 0.285. The maximum absolute atomic E-state index is 10.7. The van der Waals surface area contributed by atoms with Gasteiger partial charge in [-0.25, -0.2) is 0 Å².